The largest absolute Gasteiger partial charge is 0.391 e. The van der Waals surface area contributed by atoms with Crippen molar-refractivity contribution >= 4 is 17.5 Å². The Kier molecular flexibility index (Phi) is 5.26. The van der Waals surface area contributed by atoms with E-state index in [4.69, 9.17) is 11.6 Å². The zero-order valence-electron chi connectivity index (χ0n) is 8.34. The van der Waals surface area contributed by atoms with Gasteiger partial charge in [-0.1, -0.05) is 12.8 Å². The van der Waals surface area contributed by atoms with Crippen LogP contribution < -0.4 is 5.32 Å². The van der Waals surface area contributed by atoms with Crippen molar-refractivity contribution in [1.82, 2.24) is 5.32 Å². The molecular weight excluding hydrogens is 202 g/mol. The quantitative estimate of drug-likeness (QED) is 0.703. The van der Waals surface area contributed by atoms with Crippen molar-refractivity contribution in [2.75, 3.05) is 5.88 Å². The molecule has 0 saturated heterocycles. The van der Waals surface area contributed by atoms with E-state index in [1.807, 2.05) is 0 Å². The second-order valence-corrected chi connectivity index (χ2v) is 4.20. The molecule has 1 amide bonds. The molecule has 0 radical (unpaired) electrons. The van der Waals surface area contributed by atoms with Crippen LogP contribution in [0.5, 0.6) is 0 Å². The van der Waals surface area contributed by atoms with Crippen LogP contribution in [-0.4, -0.2) is 29.0 Å². The summed E-state index contributed by atoms with van der Waals surface area (Å²) in [4.78, 5) is 11.3. The maximum atomic E-state index is 11.3. The maximum absolute atomic E-state index is 11.3. The Morgan fingerprint density at radius 2 is 2.14 bits per heavy atom. The lowest BCUT2D eigenvalue weighted by molar-refractivity contribution is -0.123. The van der Waals surface area contributed by atoms with E-state index in [1.54, 1.807) is 0 Å². The highest BCUT2D eigenvalue weighted by Gasteiger charge is 2.23. The first-order valence-corrected chi connectivity index (χ1v) is 5.81. The first kappa shape index (κ1) is 11.8. The summed E-state index contributed by atoms with van der Waals surface area (Å²) in [7, 11) is 0. The summed E-state index contributed by atoms with van der Waals surface area (Å²) < 4.78 is 0. The van der Waals surface area contributed by atoms with Crippen molar-refractivity contribution in [3.63, 3.8) is 0 Å². The molecule has 0 aromatic heterocycles. The number of halogens is 1. The van der Waals surface area contributed by atoms with Gasteiger partial charge in [-0.25, -0.2) is 0 Å². The van der Waals surface area contributed by atoms with Gasteiger partial charge in [0.05, 0.1) is 12.1 Å². The third-order valence-corrected chi connectivity index (χ3v) is 2.88. The maximum Gasteiger partial charge on any atom is 0.220 e. The van der Waals surface area contributed by atoms with Gasteiger partial charge in [-0.2, -0.15) is 0 Å². The van der Waals surface area contributed by atoms with Crippen molar-refractivity contribution in [2.24, 2.45) is 0 Å². The fourth-order valence-corrected chi connectivity index (χ4v) is 1.92. The molecule has 1 aliphatic carbocycles. The van der Waals surface area contributed by atoms with Crippen LogP contribution in [0.3, 0.4) is 0 Å². The van der Waals surface area contributed by atoms with E-state index in [2.05, 4.69) is 5.32 Å². The van der Waals surface area contributed by atoms with Crippen molar-refractivity contribution in [2.45, 2.75) is 50.7 Å². The van der Waals surface area contributed by atoms with E-state index < -0.39 is 0 Å². The van der Waals surface area contributed by atoms with Crippen molar-refractivity contribution in [1.29, 1.82) is 0 Å². The monoisotopic (exact) mass is 219 g/mol. The number of amides is 1. The Hall–Kier alpha value is -0.280. The molecule has 0 aliphatic heterocycles. The fourth-order valence-electron chi connectivity index (χ4n) is 1.79. The third kappa shape index (κ3) is 3.84. The molecule has 0 bridgehead atoms. The zero-order valence-corrected chi connectivity index (χ0v) is 9.09. The van der Waals surface area contributed by atoms with E-state index in [9.17, 15) is 9.90 Å². The molecule has 2 N–H and O–H groups in total. The Morgan fingerprint density at radius 1 is 1.43 bits per heavy atom. The number of hydrogen-bond acceptors (Lipinski definition) is 2. The second kappa shape index (κ2) is 6.25. The van der Waals surface area contributed by atoms with Crippen molar-refractivity contribution < 1.29 is 9.90 Å². The lowest BCUT2D eigenvalue weighted by atomic mass is 9.92. The second-order valence-electron chi connectivity index (χ2n) is 3.82. The van der Waals surface area contributed by atoms with Crippen LogP contribution in [-0.2, 0) is 4.79 Å². The average Bonchev–Trinajstić information content (AvgIpc) is 2.18. The first-order valence-electron chi connectivity index (χ1n) is 5.27. The van der Waals surface area contributed by atoms with Gasteiger partial charge in [0.2, 0.25) is 5.91 Å². The third-order valence-electron chi connectivity index (χ3n) is 2.61. The molecule has 0 spiro atoms. The van der Waals surface area contributed by atoms with Gasteiger partial charge in [-0.05, 0) is 19.3 Å². The van der Waals surface area contributed by atoms with E-state index in [1.165, 1.54) is 0 Å². The van der Waals surface area contributed by atoms with E-state index >= 15 is 0 Å². The SMILES string of the molecule is O=C(CCCCl)NC1CCCCC1O. The topological polar surface area (TPSA) is 49.3 Å². The Bertz CT molecular complexity index is 187. The lowest BCUT2D eigenvalue weighted by Gasteiger charge is -2.28. The van der Waals surface area contributed by atoms with Gasteiger partial charge in [0.15, 0.2) is 0 Å². The normalized spacial score (nSPS) is 27.3. The van der Waals surface area contributed by atoms with Crippen LogP contribution in [0.2, 0.25) is 0 Å². The predicted octanol–water partition coefficient (Wildman–Crippen LogP) is 1.43. The van der Waals surface area contributed by atoms with Crippen LogP contribution in [0.1, 0.15) is 38.5 Å². The summed E-state index contributed by atoms with van der Waals surface area (Å²) in [5, 5.41) is 12.5. The fraction of sp³-hybridized carbons (Fsp3) is 0.900. The van der Waals surface area contributed by atoms with Gasteiger partial charge in [-0.3, -0.25) is 4.79 Å². The number of nitrogens with one attached hydrogen (secondary N) is 1. The van der Waals surface area contributed by atoms with Crippen LogP contribution in [0.4, 0.5) is 0 Å². The molecule has 4 heteroatoms. The minimum absolute atomic E-state index is 0.0107. The van der Waals surface area contributed by atoms with E-state index in [-0.39, 0.29) is 18.1 Å². The first-order chi connectivity index (χ1) is 6.74. The molecule has 2 unspecified atom stereocenters. The average molecular weight is 220 g/mol. The smallest absolute Gasteiger partial charge is 0.220 e. The number of carbonyl (C=O) groups is 1. The number of rotatable bonds is 4. The minimum Gasteiger partial charge on any atom is -0.391 e. The van der Waals surface area contributed by atoms with Gasteiger partial charge >= 0.3 is 0 Å². The summed E-state index contributed by atoms with van der Waals surface area (Å²) in [6, 6.07) is -0.0356. The number of aliphatic hydroxyl groups excluding tert-OH is 1. The molecule has 14 heavy (non-hydrogen) atoms. The van der Waals surface area contributed by atoms with E-state index in [0.29, 0.717) is 18.7 Å². The molecule has 2 atom stereocenters. The van der Waals surface area contributed by atoms with Gasteiger partial charge < -0.3 is 10.4 Å². The van der Waals surface area contributed by atoms with Crippen molar-refractivity contribution in [3.8, 4) is 0 Å². The molecule has 3 nitrogen and oxygen atoms in total. The highest BCUT2D eigenvalue weighted by Crippen LogP contribution is 2.18. The van der Waals surface area contributed by atoms with E-state index in [0.717, 1.165) is 25.7 Å². The minimum atomic E-state index is -0.358. The van der Waals surface area contributed by atoms with Gasteiger partial charge in [0.1, 0.15) is 0 Å². The standard InChI is InChI=1S/C10H18ClNO2/c11-7-3-6-10(14)12-8-4-1-2-5-9(8)13/h8-9,13H,1-7H2,(H,12,14). The number of aliphatic hydroxyl groups is 1. The highest BCUT2D eigenvalue weighted by atomic mass is 35.5. The number of hydrogen-bond donors (Lipinski definition) is 2. The molecule has 1 rings (SSSR count). The molecule has 1 fully saturated rings. The Labute approximate surface area is 89.8 Å². The van der Waals surface area contributed by atoms with Crippen LogP contribution in [0.25, 0.3) is 0 Å². The summed E-state index contributed by atoms with van der Waals surface area (Å²) in [5.41, 5.74) is 0. The molecule has 0 heterocycles. The predicted molar refractivity (Wildman–Crippen MR) is 56.4 cm³/mol. The van der Waals surface area contributed by atoms with Gasteiger partial charge in [0.25, 0.3) is 0 Å². The van der Waals surface area contributed by atoms with Crippen LogP contribution in [0.15, 0.2) is 0 Å². The van der Waals surface area contributed by atoms with Crippen LogP contribution in [0, 0.1) is 0 Å². The molecular formula is C10H18ClNO2. The highest BCUT2D eigenvalue weighted by molar-refractivity contribution is 6.17. The lowest BCUT2D eigenvalue weighted by Crippen LogP contribution is -2.45. The van der Waals surface area contributed by atoms with Crippen molar-refractivity contribution in [3.05, 3.63) is 0 Å². The Balaban J connectivity index is 2.23. The molecule has 1 aliphatic rings. The Morgan fingerprint density at radius 3 is 2.79 bits per heavy atom. The molecule has 0 aromatic carbocycles. The molecule has 82 valence electrons. The number of carbonyl (C=O) groups excluding carboxylic acids is 1. The molecule has 1 saturated carbocycles. The van der Waals surface area contributed by atoms with Gasteiger partial charge in [0, 0.05) is 12.3 Å². The summed E-state index contributed by atoms with van der Waals surface area (Å²) in [6.45, 7) is 0. The number of alkyl halides is 1. The summed E-state index contributed by atoms with van der Waals surface area (Å²) >= 11 is 5.49. The van der Waals surface area contributed by atoms with Gasteiger partial charge in [-0.15, -0.1) is 11.6 Å². The molecule has 0 aromatic rings. The summed E-state index contributed by atoms with van der Waals surface area (Å²) in [5.74, 6) is 0.525. The van der Waals surface area contributed by atoms with Crippen LogP contribution >= 0.6 is 11.6 Å². The zero-order chi connectivity index (χ0) is 10.4. The summed E-state index contributed by atoms with van der Waals surface area (Å²) in [6.07, 6.45) is 4.67.